The lowest BCUT2D eigenvalue weighted by Gasteiger charge is -2.07. The van der Waals surface area contributed by atoms with E-state index < -0.39 is 0 Å². The van der Waals surface area contributed by atoms with Gasteiger partial charge in [-0.1, -0.05) is 12.1 Å². The summed E-state index contributed by atoms with van der Waals surface area (Å²) in [6.07, 6.45) is 0.763. The molecule has 0 aliphatic carbocycles. The molecule has 3 nitrogen and oxygen atoms in total. The smallest absolute Gasteiger partial charge is 0.238 e. The fourth-order valence-corrected chi connectivity index (χ4v) is 1.62. The first kappa shape index (κ1) is 13.8. The van der Waals surface area contributed by atoms with Crippen LogP contribution in [0.4, 0.5) is 5.69 Å². The number of para-hydroxylation sites is 1. The summed E-state index contributed by atoms with van der Waals surface area (Å²) in [5.74, 6) is 5.68. The number of anilines is 1. The van der Waals surface area contributed by atoms with Crippen molar-refractivity contribution in [1.29, 1.82) is 0 Å². The molecule has 1 aromatic carbocycles. The van der Waals surface area contributed by atoms with Gasteiger partial charge in [0, 0.05) is 17.4 Å². The van der Waals surface area contributed by atoms with Gasteiger partial charge in [0.1, 0.15) is 0 Å². The van der Waals surface area contributed by atoms with Gasteiger partial charge in [-0.15, -0.1) is 11.8 Å². The topological polar surface area (TPSA) is 41.1 Å². The molecule has 17 heavy (non-hydrogen) atoms. The molecular formula is C13H15BrN2O. The molecule has 0 aromatic heterocycles. The molecule has 0 spiro atoms. The third-order valence-corrected chi connectivity index (χ3v) is 2.73. The largest absolute Gasteiger partial charge is 0.324 e. The van der Waals surface area contributed by atoms with Gasteiger partial charge in [-0.2, -0.15) is 0 Å². The van der Waals surface area contributed by atoms with Crippen LogP contribution in [0.5, 0.6) is 0 Å². The highest BCUT2D eigenvalue weighted by Gasteiger charge is 2.03. The van der Waals surface area contributed by atoms with E-state index in [1.54, 1.807) is 6.92 Å². The molecule has 0 aliphatic heterocycles. The number of carbonyl (C=O) groups is 1. The van der Waals surface area contributed by atoms with Crippen molar-refractivity contribution in [1.82, 2.24) is 5.32 Å². The highest BCUT2D eigenvalue weighted by atomic mass is 79.9. The maximum absolute atomic E-state index is 11.6. The molecule has 0 saturated carbocycles. The van der Waals surface area contributed by atoms with Gasteiger partial charge in [0.25, 0.3) is 0 Å². The second kappa shape index (κ2) is 7.88. The molecule has 2 N–H and O–H groups in total. The Balaban J connectivity index is 2.29. The van der Waals surface area contributed by atoms with Gasteiger partial charge in [0.15, 0.2) is 0 Å². The number of hydrogen-bond acceptors (Lipinski definition) is 2. The minimum atomic E-state index is -0.0543. The van der Waals surface area contributed by atoms with E-state index in [4.69, 9.17) is 0 Å². The van der Waals surface area contributed by atoms with E-state index >= 15 is 0 Å². The van der Waals surface area contributed by atoms with Crippen LogP contribution in [0, 0.1) is 11.8 Å². The van der Waals surface area contributed by atoms with Crippen LogP contribution in [0.25, 0.3) is 0 Å². The van der Waals surface area contributed by atoms with Crippen LogP contribution < -0.4 is 10.6 Å². The summed E-state index contributed by atoms with van der Waals surface area (Å²) in [5, 5.41) is 5.85. The first-order chi connectivity index (χ1) is 8.24. The quantitative estimate of drug-likeness (QED) is 0.647. The van der Waals surface area contributed by atoms with Crippen molar-refractivity contribution in [3.63, 3.8) is 0 Å². The summed E-state index contributed by atoms with van der Waals surface area (Å²) in [7, 11) is 0. The SMILES string of the molecule is CC#CCCNCC(=O)Nc1ccccc1Br. The lowest BCUT2D eigenvalue weighted by molar-refractivity contribution is -0.115. The average Bonchev–Trinajstić information content (AvgIpc) is 2.32. The van der Waals surface area contributed by atoms with Crippen molar-refractivity contribution in [3.05, 3.63) is 28.7 Å². The molecule has 90 valence electrons. The van der Waals surface area contributed by atoms with Crippen LogP contribution in [0.2, 0.25) is 0 Å². The molecule has 4 heteroatoms. The maximum Gasteiger partial charge on any atom is 0.238 e. The Morgan fingerprint density at radius 2 is 2.18 bits per heavy atom. The van der Waals surface area contributed by atoms with Crippen LogP contribution >= 0.6 is 15.9 Å². The van der Waals surface area contributed by atoms with Crippen LogP contribution in [0.15, 0.2) is 28.7 Å². The molecule has 0 fully saturated rings. The minimum Gasteiger partial charge on any atom is -0.324 e. The number of carbonyl (C=O) groups excluding carboxylic acids is 1. The third-order valence-electron chi connectivity index (χ3n) is 2.04. The van der Waals surface area contributed by atoms with Crippen molar-refractivity contribution in [3.8, 4) is 11.8 Å². The van der Waals surface area contributed by atoms with Crippen molar-refractivity contribution in [2.24, 2.45) is 0 Å². The third kappa shape index (κ3) is 5.53. The Bertz CT molecular complexity index is 435. The molecule has 0 atom stereocenters. The number of amides is 1. The lowest BCUT2D eigenvalue weighted by Crippen LogP contribution is -2.28. The van der Waals surface area contributed by atoms with E-state index in [0.29, 0.717) is 6.54 Å². The maximum atomic E-state index is 11.6. The van der Waals surface area contributed by atoms with E-state index in [2.05, 4.69) is 38.4 Å². The van der Waals surface area contributed by atoms with E-state index in [9.17, 15) is 4.79 Å². The zero-order valence-electron chi connectivity index (χ0n) is 9.72. The monoisotopic (exact) mass is 294 g/mol. The van der Waals surface area contributed by atoms with Crippen molar-refractivity contribution in [2.75, 3.05) is 18.4 Å². The summed E-state index contributed by atoms with van der Waals surface area (Å²) >= 11 is 3.37. The van der Waals surface area contributed by atoms with E-state index in [1.165, 1.54) is 0 Å². The van der Waals surface area contributed by atoms with Crippen LogP contribution in [-0.2, 0) is 4.79 Å². The number of halogens is 1. The van der Waals surface area contributed by atoms with Gasteiger partial charge in [-0.05, 0) is 35.0 Å². The Kier molecular flexibility index (Phi) is 6.38. The van der Waals surface area contributed by atoms with Crippen LogP contribution in [0.3, 0.4) is 0 Å². The summed E-state index contributed by atoms with van der Waals surface area (Å²) in [6, 6.07) is 7.52. The molecule has 0 bridgehead atoms. The van der Waals surface area contributed by atoms with Crippen molar-refractivity contribution >= 4 is 27.5 Å². The summed E-state index contributed by atoms with van der Waals surface area (Å²) in [4.78, 5) is 11.6. The molecule has 1 rings (SSSR count). The zero-order chi connectivity index (χ0) is 12.5. The van der Waals surface area contributed by atoms with Crippen molar-refractivity contribution < 1.29 is 4.79 Å². The van der Waals surface area contributed by atoms with E-state index in [0.717, 1.165) is 23.1 Å². The molecule has 1 amide bonds. The first-order valence-corrected chi connectivity index (χ1v) is 6.18. The molecule has 0 saturated heterocycles. The first-order valence-electron chi connectivity index (χ1n) is 5.38. The van der Waals surface area contributed by atoms with Gasteiger partial charge >= 0.3 is 0 Å². The van der Waals surface area contributed by atoms with Gasteiger partial charge < -0.3 is 10.6 Å². The Morgan fingerprint density at radius 1 is 1.41 bits per heavy atom. The Hall–Kier alpha value is -1.31. The van der Waals surface area contributed by atoms with Crippen molar-refractivity contribution in [2.45, 2.75) is 13.3 Å². The lowest BCUT2D eigenvalue weighted by atomic mass is 10.3. The predicted octanol–water partition coefficient (Wildman–Crippen LogP) is 2.39. The van der Waals surface area contributed by atoms with E-state index in [-0.39, 0.29) is 5.91 Å². The van der Waals surface area contributed by atoms with Gasteiger partial charge in [-0.3, -0.25) is 4.79 Å². The molecule has 0 heterocycles. The Morgan fingerprint density at radius 3 is 2.88 bits per heavy atom. The highest BCUT2D eigenvalue weighted by Crippen LogP contribution is 2.20. The standard InChI is InChI=1S/C13H15BrN2O/c1-2-3-6-9-15-10-13(17)16-12-8-5-4-7-11(12)14/h4-5,7-8,15H,6,9-10H2,1H3,(H,16,17). The fourth-order valence-electron chi connectivity index (χ4n) is 1.23. The number of benzene rings is 1. The number of rotatable bonds is 5. The summed E-state index contributed by atoms with van der Waals surface area (Å²) in [5.41, 5.74) is 0.785. The molecule has 0 unspecified atom stereocenters. The normalized spacial score (nSPS) is 9.29. The highest BCUT2D eigenvalue weighted by molar-refractivity contribution is 9.10. The second-order valence-corrected chi connectivity index (χ2v) is 4.24. The summed E-state index contributed by atoms with van der Waals surface area (Å²) < 4.78 is 0.880. The van der Waals surface area contributed by atoms with Crippen LogP contribution in [-0.4, -0.2) is 19.0 Å². The second-order valence-electron chi connectivity index (χ2n) is 3.38. The average molecular weight is 295 g/mol. The Labute approximate surface area is 110 Å². The van der Waals surface area contributed by atoms with Crippen LogP contribution in [0.1, 0.15) is 13.3 Å². The predicted molar refractivity (Wildman–Crippen MR) is 73.7 cm³/mol. The van der Waals surface area contributed by atoms with Gasteiger partial charge in [0.05, 0.1) is 12.2 Å². The minimum absolute atomic E-state index is 0.0543. The van der Waals surface area contributed by atoms with E-state index in [1.807, 2.05) is 24.3 Å². The number of nitrogens with one attached hydrogen (secondary N) is 2. The summed E-state index contributed by atoms with van der Waals surface area (Å²) in [6.45, 7) is 2.83. The van der Waals surface area contributed by atoms with Gasteiger partial charge in [-0.25, -0.2) is 0 Å². The molecule has 1 aromatic rings. The molecular weight excluding hydrogens is 280 g/mol. The molecule has 0 radical (unpaired) electrons. The molecule has 0 aliphatic rings. The fraction of sp³-hybridized carbons (Fsp3) is 0.308. The van der Waals surface area contributed by atoms with Gasteiger partial charge in [0.2, 0.25) is 5.91 Å². The zero-order valence-corrected chi connectivity index (χ0v) is 11.3. The number of hydrogen-bond donors (Lipinski definition) is 2.